The van der Waals surface area contributed by atoms with Crippen LogP contribution in [0.15, 0.2) is 23.8 Å². The number of aromatic amines is 1. The van der Waals surface area contributed by atoms with Crippen molar-refractivity contribution < 1.29 is 47.3 Å². The first-order valence-electron chi connectivity index (χ1n) is 15.3. The van der Waals surface area contributed by atoms with Gasteiger partial charge in [0.25, 0.3) is 5.56 Å². The highest BCUT2D eigenvalue weighted by Gasteiger charge is 2.74. The van der Waals surface area contributed by atoms with Crippen LogP contribution in [-0.2, 0) is 32.0 Å². The van der Waals surface area contributed by atoms with Crippen molar-refractivity contribution in [2.45, 2.75) is 50.0 Å². The van der Waals surface area contributed by atoms with Gasteiger partial charge in [-0.25, -0.2) is 24.9 Å². The zero-order valence-electron chi connectivity index (χ0n) is 25.8. The summed E-state index contributed by atoms with van der Waals surface area (Å²) in [6.07, 6.45) is -2.63. The highest BCUT2D eigenvalue weighted by Crippen LogP contribution is 2.72. The Morgan fingerprint density at radius 2 is 1.86 bits per heavy atom. The van der Waals surface area contributed by atoms with Crippen LogP contribution in [-0.4, -0.2) is 110 Å². The normalized spacial score (nSPS) is 39.3. The van der Waals surface area contributed by atoms with Gasteiger partial charge >= 0.3 is 15.2 Å². The summed E-state index contributed by atoms with van der Waals surface area (Å²) in [7, 11) is -8.50. The number of nitrogens with two attached hydrogens (primary N) is 1. The number of H-pyrrole nitrogens is 1. The highest BCUT2D eigenvalue weighted by atomic mass is 32.1. The molecule has 0 amide bonds. The molecule has 49 heavy (non-hydrogen) atoms. The van der Waals surface area contributed by atoms with Gasteiger partial charge in [-0.3, -0.25) is 23.0 Å². The minimum Gasteiger partial charge on any atom is -0.396 e. The molecule has 6 heterocycles. The van der Waals surface area contributed by atoms with Gasteiger partial charge in [-0.05, 0) is 19.3 Å². The van der Waals surface area contributed by atoms with E-state index in [1.165, 1.54) is 23.5 Å². The molecule has 264 valence electrons. The topological polar surface area (TPSA) is 274 Å². The first-order chi connectivity index (χ1) is 23.4. The van der Waals surface area contributed by atoms with E-state index < -0.39 is 88.3 Å². The number of nitrogen functional groups attached to an aromatic ring is 1. The van der Waals surface area contributed by atoms with Gasteiger partial charge in [0.15, 0.2) is 28.9 Å². The highest BCUT2D eigenvalue weighted by molar-refractivity contribution is 7.88. The van der Waals surface area contributed by atoms with Crippen LogP contribution in [0.5, 0.6) is 0 Å². The number of nitrogens with one attached hydrogen (secondary N) is 1. The Labute approximate surface area is 281 Å². The maximum atomic E-state index is 14.2. The third-order valence-corrected chi connectivity index (χ3v) is 13.8. The minimum atomic E-state index is -4.40. The van der Waals surface area contributed by atoms with Gasteiger partial charge in [0, 0.05) is 11.3 Å². The van der Waals surface area contributed by atoms with Gasteiger partial charge in [-0.15, -0.1) is 0 Å². The average molecular weight is 742 g/mol. The molecule has 2 aliphatic carbocycles. The largest absolute Gasteiger partial charge is 0.396 e. The molecule has 4 aromatic heterocycles. The van der Waals surface area contributed by atoms with Crippen LogP contribution >= 0.6 is 27.8 Å². The second kappa shape index (κ2) is 11.9. The number of hydrogen-bond acceptors (Lipinski definition) is 18. The van der Waals surface area contributed by atoms with E-state index in [9.17, 15) is 29.2 Å². The predicted octanol–water partition coefficient (Wildman–Crippen LogP) is 0.318. The van der Waals surface area contributed by atoms with Crippen molar-refractivity contribution in [1.82, 2.24) is 39.0 Å². The van der Waals surface area contributed by atoms with E-state index in [0.717, 1.165) is 0 Å². The summed E-state index contributed by atoms with van der Waals surface area (Å²) in [5.74, 6) is -0.908. The van der Waals surface area contributed by atoms with Crippen molar-refractivity contribution in [2.75, 3.05) is 37.4 Å². The number of ether oxygens (including phenoxy) is 1. The molecule has 23 heteroatoms. The quantitative estimate of drug-likeness (QED) is 0.119. The number of nitrogens with zero attached hydrogens (tertiary/aromatic N) is 7. The van der Waals surface area contributed by atoms with Crippen LogP contribution in [0.25, 0.3) is 22.3 Å². The van der Waals surface area contributed by atoms with Crippen molar-refractivity contribution in [1.29, 1.82) is 0 Å². The van der Waals surface area contributed by atoms with Gasteiger partial charge < -0.3 is 48.9 Å². The number of fused-ring (bicyclic) bond motifs is 4. The van der Waals surface area contributed by atoms with Crippen LogP contribution in [0, 0.1) is 24.2 Å². The first kappa shape index (κ1) is 33.3. The van der Waals surface area contributed by atoms with Gasteiger partial charge in [-0.1, -0.05) is 0 Å². The van der Waals surface area contributed by atoms with E-state index in [0.29, 0.717) is 17.6 Å². The Morgan fingerprint density at radius 3 is 2.61 bits per heavy atom. The van der Waals surface area contributed by atoms with Gasteiger partial charge in [-0.2, -0.15) is 12.6 Å². The number of hydrogen-bond donors (Lipinski definition) is 6. The second-order valence-corrected chi connectivity index (χ2v) is 17.5. The molecule has 4 fully saturated rings. The fourth-order valence-corrected chi connectivity index (χ4v) is 10.5. The zero-order valence-corrected chi connectivity index (χ0v) is 28.4. The van der Waals surface area contributed by atoms with Crippen molar-refractivity contribution in [3.63, 3.8) is 0 Å². The maximum Gasteiger partial charge on any atom is 0.356 e. The Kier molecular flexibility index (Phi) is 8.08. The Hall–Kier alpha value is -2.81. The Morgan fingerprint density at radius 1 is 1.08 bits per heavy atom. The fraction of sp³-hybridized carbons (Fsp3) is 0.615. The fourth-order valence-electron chi connectivity index (χ4n) is 7.47. The molecule has 8 rings (SSSR count). The zero-order chi connectivity index (χ0) is 34.5. The van der Waals surface area contributed by atoms with E-state index in [1.807, 2.05) is 0 Å². The third kappa shape index (κ3) is 5.21. The molecule has 11 atom stereocenters. The van der Waals surface area contributed by atoms with Crippen LogP contribution in [0.4, 0.5) is 5.82 Å². The van der Waals surface area contributed by atoms with Gasteiger partial charge in [0.1, 0.15) is 42.3 Å². The number of aryl methyl sites for hydroxylation is 1. The molecule has 6 N–H and O–H groups in total. The maximum absolute atomic E-state index is 14.2. The SMILES string of the molecule is Cc1nc2c(ncn2[C@@H]2O[C@@H]3CO[P@@](=O)(CS)O[C@H]4[C@@H](O)[C@H](n5cnc6c(N)ncnc65)[C@H]5CC54CO[P@@](=O)(CO)O[C@@H]2[C@@H]3CO)c(=O)[nH]1. The summed E-state index contributed by atoms with van der Waals surface area (Å²) in [6, 6.07) is -0.708. The summed E-state index contributed by atoms with van der Waals surface area (Å²) in [4.78, 5) is 36.3. The summed E-state index contributed by atoms with van der Waals surface area (Å²) in [5, 5.41) is 32.7. The summed E-state index contributed by atoms with van der Waals surface area (Å²) in [5.41, 5.74) is 4.86. The second-order valence-electron chi connectivity index (χ2n) is 12.7. The lowest BCUT2D eigenvalue weighted by atomic mass is 9.99. The molecule has 2 saturated heterocycles. The van der Waals surface area contributed by atoms with E-state index in [2.05, 4.69) is 42.5 Å². The molecule has 2 aliphatic heterocycles. The van der Waals surface area contributed by atoms with Crippen molar-refractivity contribution in [3.8, 4) is 0 Å². The lowest BCUT2D eigenvalue weighted by Crippen LogP contribution is -2.38. The molecule has 2 saturated carbocycles. The molecular formula is C26H33N9O11P2S. The van der Waals surface area contributed by atoms with E-state index >= 15 is 0 Å². The van der Waals surface area contributed by atoms with Crippen LogP contribution in [0.3, 0.4) is 0 Å². The van der Waals surface area contributed by atoms with E-state index in [1.54, 1.807) is 11.5 Å². The molecule has 4 aromatic rings. The number of aliphatic hydroxyl groups is 3. The lowest BCUT2D eigenvalue weighted by molar-refractivity contribution is -0.0573. The van der Waals surface area contributed by atoms with Gasteiger partial charge in [0.2, 0.25) is 0 Å². The number of imidazole rings is 2. The molecule has 20 nitrogen and oxygen atoms in total. The smallest absolute Gasteiger partial charge is 0.356 e. The summed E-state index contributed by atoms with van der Waals surface area (Å²) in [6.45, 7) is 0.249. The molecule has 0 radical (unpaired) electrons. The molecule has 4 aliphatic rings. The standard InChI is InChI=1S/C26H33N9O11P2S/c1-11-32-23-16(24(39)33-11)31-8-35(23)25-19-12(3-36)14(44-25)4-42-48(41,10-49)46-20-18(38)17(34-7-30-15-21(27)28-6-29-22(15)34)13-2-26(13,20)5-43-47(40,9-37)45-19/h6-8,12-14,17-20,25,36-38,49H,2-5,9-10H2,1H3,(H2,27,28,29)(H,32,33,39)/t12-,13-,14-,17-,18+,19-,20+,25-,26?,47+,48+/m1/s1. The predicted molar refractivity (Wildman–Crippen MR) is 170 cm³/mol. The minimum absolute atomic E-state index is 0.00347. The molecule has 1 spiro atoms. The molecule has 0 aromatic carbocycles. The molecular weight excluding hydrogens is 708 g/mol. The van der Waals surface area contributed by atoms with Crippen LogP contribution < -0.4 is 11.3 Å². The average Bonchev–Trinajstić information content (AvgIpc) is 3.39. The lowest BCUT2D eigenvalue weighted by Gasteiger charge is -2.32. The number of thiol groups is 1. The van der Waals surface area contributed by atoms with Crippen molar-refractivity contribution in [2.24, 2.45) is 17.3 Å². The Balaban J connectivity index is 1.18. The van der Waals surface area contributed by atoms with Crippen LogP contribution in [0.2, 0.25) is 0 Å². The number of rotatable bonds is 5. The number of anilines is 1. The van der Waals surface area contributed by atoms with E-state index in [4.69, 9.17) is 28.6 Å². The Bertz CT molecular complexity index is 2100. The molecule has 2 bridgehead atoms. The number of aliphatic hydroxyl groups excluding tert-OH is 3. The monoisotopic (exact) mass is 741 g/mol. The third-order valence-electron chi connectivity index (χ3n) is 9.92. The van der Waals surface area contributed by atoms with Gasteiger partial charge in [0.05, 0.1) is 50.1 Å². The van der Waals surface area contributed by atoms with Crippen molar-refractivity contribution in [3.05, 3.63) is 35.2 Å². The summed E-state index contributed by atoms with van der Waals surface area (Å²) >= 11 is 4.27. The number of aromatic nitrogens is 8. The summed E-state index contributed by atoms with van der Waals surface area (Å²) < 4.78 is 61.8. The first-order valence-corrected chi connectivity index (χ1v) is 19.4. The van der Waals surface area contributed by atoms with E-state index in [-0.39, 0.29) is 40.8 Å². The van der Waals surface area contributed by atoms with Crippen molar-refractivity contribution >= 4 is 56.0 Å². The van der Waals surface area contributed by atoms with Crippen LogP contribution in [0.1, 0.15) is 24.5 Å². The molecule has 1 unspecified atom stereocenters.